The minimum atomic E-state index is -0.643. The monoisotopic (exact) mass is 482 g/mol. The van der Waals surface area contributed by atoms with Gasteiger partial charge in [-0.05, 0) is 64.3 Å². The van der Waals surface area contributed by atoms with E-state index in [1.54, 1.807) is 23.1 Å². The Hall–Kier alpha value is -3.55. The number of likely N-dealkylation sites (tertiary alicyclic amines) is 1. The molecular formula is C27H34N2O6. The van der Waals surface area contributed by atoms with E-state index in [2.05, 4.69) is 6.58 Å². The number of nitrogens with zero attached hydrogens (tertiary/aromatic N) is 2. The van der Waals surface area contributed by atoms with Crippen molar-refractivity contribution in [2.75, 3.05) is 32.9 Å². The lowest BCUT2D eigenvalue weighted by molar-refractivity contribution is -0.134. The summed E-state index contributed by atoms with van der Waals surface area (Å²) in [5, 5.41) is 0. The predicted molar refractivity (Wildman–Crippen MR) is 132 cm³/mol. The molecule has 0 radical (unpaired) electrons. The SMILES string of the molecule is C=CCn1c(C)cc(C(=O)COC(=O)c2ccc(OCC(=O)N3CCCCC3)c(OCC)c2)c1C. The number of carbonyl (C=O) groups excluding carboxylic acids is 3. The summed E-state index contributed by atoms with van der Waals surface area (Å²) >= 11 is 0. The van der Waals surface area contributed by atoms with Crippen LogP contribution in [0.2, 0.25) is 0 Å². The molecule has 0 N–H and O–H groups in total. The maximum Gasteiger partial charge on any atom is 0.338 e. The Labute approximate surface area is 206 Å². The highest BCUT2D eigenvalue weighted by atomic mass is 16.5. The van der Waals surface area contributed by atoms with E-state index < -0.39 is 5.97 Å². The molecule has 35 heavy (non-hydrogen) atoms. The van der Waals surface area contributed by atoms with Crippen LogP contribution in [0, 0.1) is 13.8 Å². The van der Waals surface area contributed by atoms with Gasteiger partial charge in [0.05, 0.1) is 12.2 Å². The number of carbonyl (C=O) groups is 3. The molecule has 1 fully saturated rings. The zero-order valence-corrected chi connectivity index (χ0v) is 20.8. The van der Waals surface area contributed by atoms with Crippen LogP contribution in [0.5, 0.6) is 11.5 Å². The van der Waals surface area contributed by atoms with Crippen molar-refractivity contribution in [3.63, 3.8) is 0 Å². The Kier molecular flexibility index (Phi) is 9.11. The maximum atomic E-state index is 12.7. The Balaban J connectivity index is 1.62. The van der Waals surface area contributed by atoms with Crippen molar-refractivity contribution in [3.05, 3.63) is 59.4 Å². The van der Waals surface area contributed by atoms with Crippen molar-refractivity contribution in [2.45, 2.75) is 46.6 Å². The summed E-state index contributed by atoms with van der Waals surface area (Å²) in [6.07, 6.45) is 4.93. The molecule has 0 spiro atoms. The third-order valence-electron chi connectivity index (χ3n) is 6.06. The number of rotatable bonds is 11. The first kappa shape index (κ1) is 26.1. The highest BCUT2D eigenvalue weighted by Gasteiger charge is 2.20. The number of benzene rings is 1. The molecule has 1 aliphatic heterocycles. The highest BCUT2D eigenvalue weighted by Crippen LogP contribution is 2.29. The van der Waals surface area contributed by atoms with E-state index in [9.17, 15) is 14.4 Å². The van der Waals surface area contributed by atoms with Crippen LogP contribution < -0.4 is 9.47 Å². The van der Waals surface area contributed by atoms with Crippen molar-refractivity contribution in [3.8, 4) is 11.5 Å². The third-order valence-corrected chi connectivity index (χ3v) is 6.06. The van der Waals surface area contributed by atoms with Gasteiger partial charge in [0.25, 0.3) is 5.91 Å². The van der Waals surface area contributed by atoms with Gasteiger partial charge in [-0.15, -0.1) is 6.58 Å². The number of ether oxygens (including phenoxy) is 3. The Bertz CT molecular complexity index is 1080. The summed E-state index contributed by atoms with van der Waals surface area (Å²) in [5.74, 6) is -0.271. The number of amides is 1. The first-order valence-corrected chi connectivity index (χ1v) is 12.0. The van der Waals surface area contributed by atoms with E-state index in [1.807, 2.05) is 25.3 Å². The van der Waals surface area contributed by atoms with Gasteiger partial charge in [0.1, 0.15) is 0 Å². The van der Waals surface area contributed by atoms with E-state index in [0.29, 0.717) is 30.2 Å². The summed E-state index contributed by atoms with van der Waals surface area (Å²) in [6.45, 7) is 11.3. The summed E-state index contributed by atoms with van der Waals surface area (Å²) in [5.41, 5.74) is 2.50. The minimum absolute atomic E-state index is 0.0680. The van der Waals surface area contributed by atoms with Crippen LogP contribution in [0.15, 0.2) is 36.9 Å². The molecule has 2 aromatic rings. The highest BCUT2D eigenvalue weighted by molar-refractivity contribution is 6.00. The molecule has 0 bridgehead atoms. The van der Waals surface area contributed by atoms with Crippen molar-refractivity contribution >= 4 is 17.7 Å². The molecule has 3 rings (SSSR count). The van der Waals surface area contributed by atoms with Gasteiger partial charge in [-0.25, -0.2) is 4.79 Å². The molecule has 0 atom stereocenters. The van der Waals surface area contributed by atoms with Crippen LogP contribution in [-0.4, -0.2) is 60.0 Å². The third kappa shape index (κ3) is 6.53. The molecule has 1 aromatic carbocycles. The zero-order valence-electron chi connectivity index (χ0n) is 20.8. The molecule has 1 amide bonds. The molecule has 1 saturated heterocycles. The molecule has 0 saturated carbocycles. The predicted octanol–water partition coefficient (Wildman–Crippen LogP) is 4.12. The summed E-state index contributed by atoms with van der Waals surface area (Å²) in [7, 11) is 0. The topological polar surface area (TPSA) is 87.1 Å². The van der Waals surface area contributed by atoms with E-state index in [1.165, 1.54) is 12.1 Å². The number of aromatic nitrogens is 1. The number of hydrogen-bond acceptors (Lipinski definition) is 6. The van der Waals surface area contributed by atoms with Crippen LogP contribution in [0.25, 0.3) is 0 Å². The van der Waals surface area contributed by atoms with E-state index in [-0.39, 0.29) is 30.5 Å². The lowest BCUT2D eigenvalue weighted by Gasteiger charge is -2.26. The van der Waals surface area contributed by atoms with Crippen molar-refractivity contribution in [2.24, 2.45) is 0 Å². The van der Waals surface area contributed by atoms with Gasteiger partial charge >= 0.3 is 5.97 Å². The lowest BCUT2D eigenvalue weighted by atomic mass is 10.1. The normalized spacial score (nSPS) is 13.3. The molecule has 8 heteroatoms. The first-order valence-electron chi connectivity index (χ1n) is 12.0. The maximum absolute atomic E-state index is 12.7. The van der Waals surface area contributed by atoms with Gasteiger partial charge in [0, 0.05) is 36.6 Å². The van der Waals surface area contributed by atoms with E-state index in [0.717, 1.165) is 43.7 Å². The van der Waals surface area contributed by atoms with Gasteiger partial charge in [-0.3, -0.25) is 9.59 Å². The second-order valence-electron chi connectivity index (χ2n) is 8.51. The second kappa shape index (κ2) is 12.2. The zero-order chi connectivity index (χ0) is 25.4. The molecule has 8 nitrogen and oxygen atoms in total. The number of piperidine rings is 1. The van der Waals surface area contributed by atoms with E-state index in [4.69, 9.17) is 14.2 Å². The first-order chi connectivity index (χ1) is 16.8. The average molecular weight is 483 g/mol. The standard InChI is InChI=1S/C27H34N2O6/c1-5-12-29-19(3)15-22(20(29)4)23(30)17-35-27(32)21-10-11-24(25(16-21)33-6-2)34-18-26(31)28-13-8-7-9-14-28/h5,10-11,15-16H,1,6-9,12-14,17-18H2,2-4H3. The fourth-order valence-corrected chi connectivity index (χ4v) is 4.18. The van der Waals surface area contributed by atoms with Crippen molar-refractivity contribution in [1.29, 1.82) is 0 Å². The van der Waals surface area contributed by atoms with Crippen LogP contribution >= 0.6 is 0 Å². The van der Waals surface area contributed by atoms with Gasteiger partial charge in [0.15, 0.2) is 24.7 Å². The Morgan fingerprint density at radius 1 is 1.00 bits per heavy atom. The molecule has 2 heterocycles. The van der Waals surface area contributed by atoms with E-state index >= 15 is 0 Å². The van der Waals surface area contributed by atoms with Gasteiger partial charge in [0.2, 0.25) is 5.78 Å². The average Bonchev–Trinajstić information content (AvgIpc) is 3.15. The number of Topliss-reactive ketones (excluding diaryl/α,β-unsaturated/α-hetero) is 1. The van der Waals surface area contributed by atoms with Gasteiger partial charge in [-0.1, -0.05) is 6.08 Å². The minimum Gasteiger partial charge on any atom is -0.490 e. The number of ketones is 1. The lowest BCUT2D eigenvalue weighted by Crippen LogP contribution is -2.38. The largest absolute Gasteiger partial charge is 0.490 e. The molecular weight excluding hydrogens is 448 g/mol. The number of aryl methyl sites for hydroxylation is 1. The smallest absolute Gasteiger partial charge is 0.338 e. The van der Waals surface area contributed by atoms with Crippen LogP contribution in [0.4, 0.5) is 0 Å². The number of hydrogen-bond donors (Lipinski definition) is 0. The Morgan fingerprint density at radius 2 is 1.74 bits per heavy atom. The van der Waals surface area contributed by atoms with Crippen LogP contribution in [0.3, 0.4) is 0 Å². The van der Waals surface area contributed by atoms with Gasteiger partial charge in [-0.2, -0.15) is 0 Å². The second-order valence-corrected chi connectivity index (χ2v) is 8.51. The van der Waals surface area contributed by atoms with Gasteiger partial charge < -0.3 is 23.7 Å². The molecule has 0 aliphatic carbocycles. The summed E-state index contributed by atoms with van der Waals surface area (Å²) in [4.78, 5) is 39.5. The van der Waals surface area contributed by atoms with Crippen molar-refractivity contribution < 1.29 is 28.6 Å². The molecule has 188 valence electrons. The van der Waals surface area contributed by atoms with Crippen LogP contribution in [-0.2, 0) is 16.1 Å². The number of allylic oxidation sites excluding steroid dienone is 1. The number of esters is 1. The fraction of sp³-hybridized carbons (Fsp3) is 0.444. The summed E-state index contributed by atoms with van der Waals surface area (Å²) < 4.78 is 18.6. The summed E-state index contributed by atoms with van der Waals surface area (Å²) in [6, 6.07) is 6.41. The van der Waals surface area contributed by atoms with Crippen molar-refractivity contribution in [1.82, 2.24) is 9.47 Å². The quantitative estimate of drug-likeness (QED) is 0.272. The molecule has 1 aromatic heterocycles. The fourth-order valence-electron chi connectivity index (χ4n) is 4.18. The molecule has 0 unspecified atom stereocenters. The Morgan fingerprint density at radius 3 is 2.43 bits per heavy atom. The van der Waals surface area contributed by atoms with Crippen LogP contribution in [0.1, 0.15) is 58.3 Å². The molecule has 1 aliphatic rings.